The van der Waals surface area contributed by atoms with Gasteiger partial charge in [-0.25, -0.2) is 9.97 Å². The number of amides is 1. The quantitative estimate of drug-likeness (QED) is 0.732. The number of nitrogens with zero attached hydrogens (tertiary/aromatic N) is 7. The summed E-state index contributed by atoms with van der Waals surface area (Å²) in [4.78, 5) is 34.8. The van der Waals surface area contributed by atoms with Gasteiger partial charge in [-0.15, -0.1) is 0 Å². The lowest BCUT2D eigenvalue weighted by Gasteiger charge is -2.38. The average molecular weight is 409 g/mol. The van der Waals surface area contributed by atoms with E-state index < -0.39 is 11.9 Å². The lowest BCUT2D eigenvalue weighted by Crippen LogP contribution is -2.51. The van der Waals surface area contributed by atoms with Crippen molar-refractivity contribution >= 4 is 17.7 Å². The molecule has 4 heterocycles. The molecule has 3 aliphatic rings. The zero-order valence-corrected chi connectivity index (χ0v) is 16.1. The smallest absolute Gasteiger partial charge is 0.362 e. The molecule has 0 aromatic carbocycles. The van der Waals surface area contributed by atoms with Gasteiger partial charge in [-0.2, -0.15) is 23.2 Å². The van der Waals surface area contributed by atoms with Crippen molar-refractivity contribution in [3.8, 4) is 0 Å². The minimum absolute atomic E-state index is 0.142. The molecule has 4 rings (SSSR count). The first-order valence-corrected chi connectivity index (χ1v) is 9.60. The van der Waals surface area contributed by atoms with Gasteiger partial charge in [0.25, 0.3) is 5.91 Å². The number of fused-ring (bicyclic) bond motifs is 1. The molecule has 3 aliphatic heterocycles. The molecule has 0 bridgehead atoms. The van der Waals surface area contributed by atoms with E-state index in [0.29, 0.717) is 32.1 Å². The van der Waals surface area contributed by atoms with Crippen LogP contribution in [0.2, 0.25) is 0 Å². The second-order valence-electron chi connectivity index (χ2n) is 7.46. The van der Waals surface area contributed by atoms with Gasteiger partial charge in [-0.3, -0.25) is 9.69 Å². The molecule has 1 unspecified atom stereocenters. The monoisotopic (exact) mass is 409 g/mol. The molecule has 0 spiro atoms. The number of alkyl halides is 3. The molecule has 2 saturated heterocycles. The second kappa shape index (κ2) is 7.69. The molecule has 0 saturated carbocycles. The number of aromatic nitrogens is 2. The van der Waals surface area contributed by atoms with Crippen LogP contribution in [-0.2, 0) is 17.5 Å². The van der Waals surface area contributed by atoms with E-state index in [1.165, 1.54) is 0 Å². The normalized spacial score (nSPS) is 23.6. The molecule has 0 N–H and O–H groups in total. The van der Waals surface area contributed by atoms with Gasteiger partial charge in [-0.05, 0) is 18.9 Å². The van der Waals surface area contributed by atoms with E-state index in [-0.39, 0.29) is 24.2 Å². The Hall–Kier alpha value is -2.56. The van der Waals surface area contributed by atoms with Crippen LogP contribution < -0.4 is 0 Å². The summed E-state index contributed by atoms with van der Waals surface area (Å²) in [5.41, 5.74) is -0.932. The molecule has 0 aliphatic carbocycles. The highest BCUT2D eigenvalue weighted by Gasteiger charge is 2.36. The molecular weight excluding hydrogens is 387 g/mol. The molecule has 1 atom stereocenters. The molecule has 1 aromatic rings. The van der Waals surface area contributed by atoms with Crippen LogP contribution >= 0.6 is 0 Å². The molecule has 8 nitrogen and oxygen atoms in total. The van der Waals surface area contributed by atoms with E-state index in [0.717, 1.165) is 37.5 Å². The van der Waals surface area contributed by atoms with Gasteiger partial charge in [0.15, 0.2) is 0 Å². The maximum Gasteiger partial charge on any atom is 0.433 e. The summed E-state index contributed by atoms with van der Waals surface area (Å²) in [5, 5.41) is 0. The number of hydrogen-bond donors (Lipinski definition) is 0. The zero-order valence-electron chi connectivity index (χ0n) is 16.1. The number of carbonyl (C=O) groups excluding carboxylic acids is 1. The summed E-state index contributed by atoms with van der Waals surface area (Å²) in [6.07, 6.45) is -1.61. The summed E-state index contributed by atoms with van der Waals surface area (Å²) in [7, 11) is 1.94. The summed E-state index contributed by atoms with van der Waals surface area (Å²) < 4.78 is 38.4. The molecule has 11 heteroatoms. The Morgan fingerprint density at radius 1 is 1.14 bits per heavy atom. The number of piperidine rings is 1. The highest BCUT2D eigenvalue weighted by molar-refractivity contribution is 6.14. The largest absolute Gasteiger partial charge is 0.433 e. The predicted octanol–water partition coefficient (Wildman–Crippen LogP) is 1.25. The molecule has 2 fully saturated rings. The Morgan fingerprint density at radius 2 is 1.90 bits per heavy atom. The Balaban J connectivity index is 1.38. The van der Waals surface area contributed by atoms with Gasteiger partial charge in [0.1, 0.15) is 17.4 Å². The molecule has 29 heavy (non-hydrogen) atoms. The number of carbonyl (C=O) groups is 1. The SMILES string of the molecule is CN1CCCC2C(=O)N=C(N3CCN(Cc4nccc(C(F)(F)F)n4)CC3)N=C21. The average Bonchev–Trinajstić information content (AvgIpc) is 2.69. The van der Waals surface area contributed by atoms with Crippen molar-refractivity contribution in [3.05, 3.63) is 23.8 Å². The Morgan fingerprint density at radius 3 is 2.62 bits per heavy atom. The minimum Gasteiger partial charge on any atom is -0.362 e. The standard InChI is InChI=1S/C18H22F3N7O/c1-26-6-2-3-12-15(26)24-17(25-16(12)29)28-9-7-27(8-10-28)11-14-22-5-4-13(23-14)18(19,20)21/h4-5,12H,2-3,6-11H2,1H3. The van der Waals surface area contributed by atoms with Crippen LogP contribution in [-0.4, -0.2) is 82.1 Å². The van der Waals surface area contributed by atoms with Gasteiger partial charge in [-0.1, -0.05) is 0 Å². The maximum atomic E-state index is 12.8. The van der Waals surface area contributed by atoms with Crippen LogP contribution in [0.3, 0.4) is 0 Å². The summed E-state index contributed by atoms with van der Waals surface area (Å²) in [6.45, 7) is 3.46. The number of guanidine groups is 1. The van der Waals surface area contributed by atoms with E-state index in [1.807, 2.05) is 21.7 Å². The molecule has 1 aromatic heterocycles. The van der Waals surface area contributed by atoms with Crippen LogP contribution in [0.4, 0.5) is 13.2 Å². The highest BCUT2D eigenvalue weighted by atomic mass is 19.4. The maximum absolute atomic E-state index is 12.8. The topological polar surface area (TPSA) is 77.3 Å². The number of aliphatic imine (C=N–C) groups is 2. The molecule has 0 radical (unpaired) electrons. The van der Waals surface area contributed by atoms with Crippen LogP contribution in [0.1, 0.15) is 24.4 Å². The third kappa shape index (κ3) is 4.24. The lowest BCUT2D eigenvalue weighted by molar-refractivity contribution is -0.141. The fourth-order valence-electron chi connectivity index (χ4n) is 3.82. The highest BCUT2D eigenvalue weighted by Crippen LogP contribution is 2.27. The fraction of sp³-hybridized carbons (Fsp3) is 0.611. The summed E-state index contributed by atoms with van der Waals surface area (Å²) in [5.74, 6) is 0.981. The first-order valence-electron chi connectivity index (χ1n) is 9.60. The van der Waals surface area contributed by atoms with Gasteiger partial charge in [0.2, 0.25) is 5.96 Å². The summed E-state index contributed by atoms with van der Waals surface area (Å²) >= 11 is 0. The predicted molar refractivity (Wildman–Crippen MR) is 99.1 cm³/mol. The van der Waals surface area contributed by atoms with E-state index in [4.69, 9.17) is 0 Å². The Bertz CT molecular complexity index is 846. The van der Waals surface area contributed by atoms with Crippen molar-refractivity contribution in [1.29, 1.82) is 0 Å². The first-order chi connectivity index (χ1) is 13.8. The third-order valence-electron chi connectivity index (χ3n) is 5.43. The van der Waals surface area contributed by atoms with Crippen molar-refractivity contribution < 1.29 is 18.0 Å². The first kappa shape index (κ1) is 19.7. The molecular formula is C18H22F3N7O. The van der Waals surface area contributed by atoms with Crippen molar-refractivity contribution in [2.45, 2.75) is 25.6 Å². The minimum atomic E-state index is -4.48. The summed E-state index contributed by atoms with van der Waals surface area (Å²) in [6, 6.07) is 0.869. The van der Waals surface area contributed by atoms with Crippen LogP contribution in [0.15, 0.2) is 22.2 Å². The van der Waals surface area contributed by atoms with Crippen molar-refractivity contribution in [3.63, 3.8) is 0 Å². The van der Waals surface area contributed by atoms with Crippen molar-refractivity contribution in [2.24, 2.45) is 15.9 Å². The number of halogens is 3. The van der Waals surface area contributed by atoms with Gasteiger partial charge < -0.3 is 9.80 Å². The van der Waals surface area contributed by atoms with Crippen molar-refractivity contribution in [2.75, 3.05) is 39.8 Å². The number of rotatable bonds is 2. The van der Waals surface area contributed by atoms with Crippen LogP contribution in [0.5, 0.6) is 0 Å². The van der Waals surface area contributed by atoms with E-state index >= 15 is 0 Å². The number of amidine groups is 1. The number of hydrogen-bond acceptors (Lipinski definition) is 7. The second-order valence-corrected chi connectivity index (χ2v) is 7.46. The van der Waals surface area contributed by atoms with Gasteiger partial charge in [0.05, 0.1) is 12.5 Å². The van der Waals surface area contributed by atoms with Gasteiger partial charge in [0, 0.05) is 46.0 Å². The van der Waals surface area contributed by atoms with Crippen molar-refractivity contribution in [1.82, 2.24) is 24.7 Å². The van der Waals surface area contributed by atoms with E-state index in [9.17, 15) is 18.0 Å². The molecule has 156 valence electrons. The van der Waals surface area contributed by atoms with E-state index in [2.05, 4.69) is 20.0 Å². The third-order valence-corrected chi connectivity index (χ3v) is 5.43. The zero-order chi connectivity index (χ0) is 20.6. The lowest BCUT2D eigenvalue weighted by atomic mass is 9.95. The Kier molecular flexibility index (Phi) is 5.24. The van der Waals surface area contributed by atoms with Crippen LogP contribution in [0, 0.1) is 5.92 Å². The van der Waals surface area contributed by atoms with Crippen LogP contribution in [0.25, 0.3) is 0 Å². The number of piperazine rings is 1. The van der Waals surface area contributed by atoms with Gasteiger partial charge >= 0.3 is 6.18 Å². The van der Waals surface area contributed by atoms with E-state index in [1.54, 1.807) is 0 Å². The number of likely N-dealkylation sites (tertiary alicyclic amines) is 1. The Labute approximate surface area is 166 Å². The fourth-order valence-corrected chi connectivity index (χ4v) is 3.82. The molecule has 1 amide bonds.